The highest BCUT2D eigenvalue weighted by molar-refractivity contribution is 7.98. The zero-order valence-electron chi connectivity index (χ0n) is 14.2. The summed E-state index contributed by atoms with van der Waals surface area (Å²) in [5, 5.41) is 4.48. The lowest BCUT2D eigenvalue weighted by Crippen LogP contribution is -2.35. The summed E-state index contributed by atoms with van der Waals surface area (Å²) in [5.74, 6) is 0. The number of halogens is 1. The zero-order chi connectivity index (χ0) is 18.1. The smallest absolute Gasteiger partial charge is 0.256 e. The molecule has 134 valence electrons. The van der Waals surface area contributed by atoms with Crippen molar-refractivity contribution in [2.45, 2.75) is 24.7 Å². The highest BCUT2D eigenvalue weighted by Gasteiger charge is 2.22. The fourth-order valence-electron chi connectivity index (χ4n) is 3.02. The number of aromatic nitrogens is 3. The van der Waals surface area contributed by atoms with Crippen molar-refractivity contribution in [3.63, 3.8) is 0 Å². The highest BCUT2D eigenvalue weighted by Crippen LogP contribution is 2.26. The minimum atomic E-state index is -0.0239. The maximum atomic E-state index is 12.3. The van der Waals surface area contributed by atoms with Crippen LogP contribution < -0.4 is 5.56 Å². The van der Waals surface area contributed by atoms with E-state index < -0.39 is 0 Å². The van der Waals surface area contributed by atoms with E-state index in [1.54, 1.807) is 11.3 Å². The largest absolute Gasteiger partial charge is 0.301 e. The van der Waals surface area contributed by atoms with E-state index in [4.69, 9.17) is 16.6 Å². The van der Waals surface area contributed by atoms with Gasteiger partial charge in [0.15, 0.2) is 5.16 Å². The van der Waals surface area contributed by atoms with Crippen LogP contribution in [0.1, 0.15) is 17.0 Å². The van der Waals surface area contributed by atoms with Crippen LogP contribution in [0.15, 0.2) is 39.6 Å². The Morgan fingerprint density at radius 3 is 2.88 bits per heavy atom. The summed E-state index contributed by atoms with van der Waals surface area (Å²) in [4.78, 5) is 26.7. The quantitative estimate of drug-likeness (QED) is 0.529. The molecular weight excluding hydrogens is 388 g/mol. The number of fused-ring (bicyclic) bond motifs is 1. The van der Waals surface area contributed by atoms with Crippen LogP contribution in [-0.4, -0.2) is 32.7 Å². The van der Waals surface area contributed by atoms with Gasteiger partial charge in [0, 0.05) is 42.0 Å². The molecular formula is C18H17ClN4OS2. The molecule has 2 aromatic heterocycles. The first-order valence-electron chi connectivity index (χ1n) is 8.21. The Balaban J connectivity index is 1.49. The Hall–Kier alpha value is -1.67. The summed E-state index contributed by atoms with van der Waals surface area (Å²) in [6.45, 7) is 2.22. The van der Waals surface area contributed by atoms with Crippen molar-refractivity contribution in [1.82, 2.24) is 19.9 Å². The number of nitrogens with one attached hydrogen (secondary N) is 1. The third kappa shape index (κ3) is 3.71. The van der Waals surface area contributed by atoms with E-state index >= 15 is 0 Å². The molecule has 3 heterocycles. The van der Waals surface area contributed by atoms with Gasteiger partial charge in [0.1, 0.15) is 5.01 Å². The number of hydrogen-bond donors (Lipinski definition) is 1. The first kappa shape index (κ1) is 17.7. The third-order valence-corrected chi connectivity index (χ3v) is 6.12. The van der Waals surface area contributed by atoms with Gasteiger partial charge in [-0.15, -0.1) is 11.3 Å². The molecule has 0 fully saturated rings. The summed E-state index contributed by atoms with van der Waals surface area (Å²) >= 11 is 9.04. The lowest BCUT2D eigenvalue weighted by molar-refractivity contribution is 0.238. The number of thioether (sulfide) groups is 1. The van der Waals surface area contributed by atoms with E-state index in [1.165, 1.54) is 11.8 Å². The van der Waals surface area contributed by atoms with Gasteiger partial charge in [-0.05, 0) is 18.4 Å². The van der Waals surface area contributed by atoms with Crippen LogP contribution in [-0.2, 0) is 19.5 Å². The second kappa shape index (κ2) is 7.52. The van der Waals surface area contributed by atoms with Gasteiger partial charge in [-0.2, -0.15) is 0 Å². The van der Waals surface area contributed by atoms with E-state index in [1.807, 2.05) is 30.5 Å². The van der Waals surface area contributed by atoms with Gasteiger partial charge >= 0.3 is 0 Å². The number of benzene rings is 1. The monoisotopic (exact) mass is 404 g/mol. The average molecular weight is 405 g/mol. The molecule has 8 heteroatoms. The predicted octanol–water partition coefficient (Wildman–Crippen LogP) is 3.83. The van der Waals surface area contributed by atoms with Gasteiger partial charge in [-0.3, -0.25) is 9.69 Å². The van der Waals surface area contributed by atoms with Crippen LogP contribution in [0.2, 0.25) is 5.02 Å². The number of nitrogens with zero attached hydrogens (tertiary/aromatic N) is 3. The molecule has 4 rings (SSSR count). The Bertz CT molecular complexity index is 984. The minimum Gasteiger partial charge on any atom is -0.301 e. The lowest BCUT2D eigenvalue weighted by atomic mass is 10.1. The van der Waals surface area contributed by atoms with E-state index in [0.717, 1.165) is 52.1 Å². The van der Waals surface area contributed by atoms with Gasteiger partial charge in [-0.25, -0.2) is 9.97 Å². The summed E-state index contributed by atoms with van der Waals surface area (Å²) in [7, 11) is 0. The van der Waals surface area contributed by atoms with Gasteiger partial charge in [0.25, 0.3) is 5.56 Å². The second-order valence-electron chi connectivity index (χ2n) is 6.11. The van der Waals surface area contributed by atoms with E-state index in [2.05, 4.69) is 20.2 Å². The topological polar surface area (TPSA) is 61.9 Å². The molecule has 0 unspecified atom stereocenters. The highest BCUT2D eigenvalue weighted by atomic mass is 35.5. The second-order valence-corrected chi connectivity index (χ2v) is 8.20. The molecule has 1 aliphatic rings. The first-order valence-corrected chi connectivity index (χ1v) is 10.7. The summed E-state index contributed by atoms with van der Waals surface area (Å²) in [5.41, 5.74) is 3.77. The Kier molecular flexibility index (Phi) is 5.13. The van der Waals surface area contributed by atoms with Crippen LogP contribution >= 0.6 is 34.7 Å². The van der Waals surface area contributed by atoms with Crippen LogP contribution in [0.25, 0.3) is 10.6 Å². The molecule has 0 saturated heterocycles. The maximum absolute atomic E-state index is 12.3. The predicted molar refractivity (Wildman–Crippen MR) is 107 cm³/mol. The molecule has 0 atom stereocenters. The Morgan fingerprint density at radius 1 is 1.31 bits per heavy atom. The fourth-order valence-corrected chi connectivity index (χ4v) is 4.36. The van der Waals surface area contributed by atoms with Crippen molar-refractivity contribution in [3.8, 4) is 10.6 Å². The van der Waals surface area contributed by atoms with Crippen LogP contribution in [0.4, 0.5) is 0 Å². The molecule has 1 aliphatic heterocycles. The Labute approximate surface area is 164 Å². The third-order valence-electron chi connectivity index (χ3n) is 4.35. The number of H-pyrrole nitrogens is 1. The number of thiazole rings is 1. The van der Waals surface area contributed by atoms with Crippen molar-refractivity contribution in [2.75, 3.05) is 12.8 Å². The molecule has 0 aliphatic carbocycles. The molecule has 3 aromatic rings. The van der Waals surface area contributed by atoms with Crippen molar-refractivity contribution in [3.05, 3.63) is 62.0 Å². The van der Waals surface area contributed by atoms with Gasteiger partial charge in [0.05, 0.1) is 17.0 Å². The average Bonchev–Trinajstić information content (AvgIpc) is 3.11. The molecule has 0 amide bonds. The number of hydrogen-bond acceptors (Lipinski definition) is 6. The van der Waals surface area contributed by atoms with Gasteiger partial charge < -0.3 is 4.98 Å². The molecule has 26 heavy (non-hydrogen) atoms. The molecule has 0 bridgehead atoms. The normalized spacial score (nSPS) is 14.4. The molecule has 0 spiro atoms. The lowest BCUT2D eigenvalue weighted by Gasteiger charge is -2.26. The van der Waals surface area contributed by atoms with Crippen molar-refractivity contribution < 1.29 is 0 Å². The van der Waals surface area contributed by atoms with Crippen LogP contribution in [0.3, 0.4) is 0 Å². The van der Waals surface area contributed by atoms with Crippen molar-refractivity contribution in [1.29, 1.82) is 0 Å². The Morgan fingerprint density at radius 2 is 2.12 bits per heavy atom. The fraction of sp³-hybridized carbons (Fsp3) is 0.278. The standard InChI is InChI=1S/C18H17ClN4OS2/c1-25-18-21-15-6-7-23(9-14(15)16(24)22-18)8-13-10-26-17(20-13)11-2-4-12(19)5-3-11/h2-5,10H,6-9H2,1H3,(H,21,22,24). The maximum Gasteiger partial charge on any atom is 0.256 e. The SMILES string of the molecule is CSc1nc2c(c(=O)[nH]1)CN(Cc1csc(-c3ccc(Cl)cc3)n1)CC2. The molecule has 0 saturated carbocycles. The summed E-state index contributed by atoms with van der Waals surface area (Å²) in [6.07, 6.45) is 2.71. The summed E-state index contributed by atoms with van der Waals surface area (Å²) in [6, 6.07) is 7.72. The van der Waals surface area contributed by atoms with E-state index in [9.17, 15) is 4.79 Å². The zero-order valence-corrected chi connectivity index (χ0v) is 16.5. The van der Waals surface area contributed by atoms with Crippen LogP contribution in [0, 0.1) is 0 Å². The number of aromatic amines is 1. The minimum absolute atomic E-state index is 0.0239. The van der Waals surface area contributed by atoms with E-state index in [-0.39, 0.29) is 5.56 Å². The van der Waals surface area contributed by atoms with E-state index in [0.29, 0.717) is 11.7 Å². The molecule has 1 N–H and O–H groups in total. The molecule has 0 radical (unpaired) electrons. The van der Waals surface area contributed by atoms with Crippen molar-refractivity contribution >= 4 is 34.7 Å². The summed E-state index contributed by atoms with van der Waals surface area (Å²) < 4.78 is 0. The van der Waals surface area contributed by atoms with Crippen LogP contribution in [0.5, 0.6) is 0 Å². The van der Waals surface area contributed by atoms with Gasteiger partial charge in [0.2, 0.25) is 0 Å². The molecule has 5 nitrogen and oxygen atoms in total. The van der Waals surface area contributed by atoms with Crippen molar-refractivity contribution in [2.24, 2.45) is 0 Å². The number of rotatable bonds is 4. The van der Waals surface area contributed by atoms with Gasteiger partial charge in [-0.1, -0.05) is 35.5 Å². The molecule has 1 aromatic carbocycles. The first-order chi connectivity index (χ1) is 12.6.